The van der Waals surface area contributed by atoms with Crippen LogP contribution in [0, 0.1) is 0 Å². The van der Waals surface area contributed by atoms with Crippen LogP contribution in [0.1, 0.15) is 24.8 Å². The van der Waals surface area contributed by atoms with Gasteiger partial charge in [-0.3, -0.25) is 9.59 Å². The van der Waals surface area contributed by atoms with Crippen LogP contribution in [0.5, 0.6) is 5.75 Å². The fourth-order valence-electron chi connectivity index (χ4n) is 1.62. The molecule has 1 heterocycles. The van der Waals surface area contributed by atoms with E-state index in [1.54, 1.807) is 24.3 Å². The number of amidine groups is 1. The van der Waals surface area contributed by atoms with Crippen molar-refractivity contribution in [2.24, 2.45) is 5.10 Å². The van der Waals surface area contributed by atoms with Gasteiger partial charge in [-0.15, -0.1) is 5.10 Å². The third kappa shape index (κ3) is 3.05. The number of nitrogens with one attached hydrogen (secondary N) is 1. The minimum absolute atomic E-state index is 0.157. The van der Waals surface area contributed by atoms with Gasteiger partial charge >= 0.3 is 0 Å². The Morgan fingerprint density at radius 2 is 1.95 bits per heavy atom. The second-order valence-corrected chi connectivity index (χ2v) is 5.08. The lowest BCUT2D eigenvalue weighted by Crippen LogP contribution is -2.25. The maximum Gasteiger partial charge on any atom is 0.241 e. The van der Waals surface area contributed by atoms with Crippen LogP contribution in [-0.2, 0) is 9.59 Å². The standard InChI is InChI=1S/C12H13N3O3S/c1-7(16)13-12-14-15(8(2)17)11(19-12)9-3-5-10(18)6-4-9/h3-6,11,18H,1-2H3,(H,13,14,16). The van der Waals surface area contributed by atoms with E-state index in [0.29, 0.717) is 5.17 Å². The van der Waals surface area contributed by atoms with Crippen LogP contribution in [0.25, 0.3) is 0 Å². The average molecular weight is 279 g/mol. The fourth-order valence-corrected chi connectivity index (χ4v) is 2.76. The van der Waals surface area contributed by atoms with Crippen LogP contribution in [0.4, 0.5) is 0 Å². The lowest BCUT2D eigenvalue weighted by Gasteiger charge is -2.19. The van der Waals surface area contributed by atoms with Crippen molar-refractivity contribution in [2.45, 2.75) is 19.2 Å². The summed E-state index contributed by atoms with van der Waals surface area (Å²) in [6.07, 6.45) is 0. The molecular formula is C12H13N3O3S. The first-order chi connectivity index (χ1) is 8.97. The predicted octanol–water partition coefficient (Wildman–Crippen LogP) is 1.39. The Bertz CT molecular complexity index is 542. The van der Waals surface area contributed by atoms with Gasteiger partial charge in [0.15, 0.2) is 5.17 Å². The zero-order valence-corrected chi connectivity index (χ0v) is 11.3. The molecule has 2 N–H and O–H groups in total. The first-order valence-electron chi connectivity index (χ1n) is 5.59. The Morgan fingerprint density at radius 1 is 1.32 bits per heavy atom. The molecule has 100 valence electrons. The van der Waals surface area contributed by atoms with Crippen LogP contribution >= 0.6 is 11.8 Å². The Labute approximate surface area is 114 Å². The number of benzene rings is 1. The molecule has 2 amide bonds. The summed E-state index contributed by atoms with van der Waals surface area (Å²) in [5, 5.41) is 17.3. The maximum atomic E-state index is 11.6. The molecule has 1 atom stereocenters. The van der Waals surface area contributed by atoms with Gasteiger partial charge in [0.1, 0.15) is 11.1 Å². The number of phenolic OH excluding ortho intramolecular Hbond substituents is 1. The largest absolute Gasteiger partial charge is 0.508 e. The van der Waals surface area contributed by atoms with Crippen LogP contribution in [0.3, 0.4) is 0 Å². The van der Waals surface area contributed by atoms with E-state index in [1.807, 2.05) is 0 Å². The second-order valence-electron chi connectivity index (χ2n) is 4.01. The van der Waals surface area contributed by atoms with Crippen molar-refractivity contribution in [1.29, 1.82) is 0 Å². The topological polar surface area (TPSA) is 82.0 Å². The molecule has 0 radical (unpaired) electrons. The molecule has 0 fully saturated rings. The molecule has 1 aromatic rings. The highest BCUT2D eigenvalue weighted by atomic mass is 32.2. The van der Waals surface area contributed by atoms with Gasteiger partial charge in [-0.25, -0.2) is 5.01 Å². The third-order valence-electron chi connectivity index (χ3n) is 2.43. The normalized spacial score (nSPS) is 18.1. The first kappa shape index (κ1) is 13.4. The molecule has 2 rings (SSSR count). The van der Waals surface area contributed by atoms with E-state index in [4.69, 9.17) is 0 Å². The average Bonchev–Trinajstić information content (AvgIpc) is 2.73. The van der Waals surface area contributed by atoms with E-state index in [0.717, 1.165) is 5.56 Å². The molecular weight excluding hydrogens is 266 g/mol. The van der Waals surface area contributed by atoms with Crippen LogP contribution in [0.2, 0.25) is 0 Å². The third-order valence-corrected chi connectivity index (χ3v) is 3.53. The van der Waals surface area contributed by atoms with E-state index in [2.05, 4.69) is 10.4 Å². The summed E-state index contributed by atoms with van der Waals surface area (Å²) in [4.78, 5) is 22.6. The SMILES string of the molecule is CC(=O)NC1=NN(C(C)=O)C(c2ccc(O)cc2)S1. The number of hydrogen-bond donors (Lipinski definition) is 2. The van der Waals surface area contributed by atoms with Crippen molar-refractivity contribution in [3.63, 3.8) is 0 Å². The Balaban J connectivity index is 2.24. The molecule has 0 aliphatic carbocycles. The summed E-state index contributed by atoms with van der Waals surface area (Å²) in [5.41, 5.74) is 0.821. The number of nitrogens with zero attached hydrogens (tertiary/aromatic N) is 2. The van der Waals surface area contributed by atoms with Gasteiger partial charge in [-0.1, -0.05) is 23.9 Å². The minimum Gasteiger partial charge on any atom is -0.508 e. The molecule has 0 aromatic heterocycles. The summed E-state index contributed by atoms with van der Waals surface area (Å²) >= 11 is 1.28. The molecule has 19 heavy (non-hydrogen) atoms. The molecule has 1 aliphatic heterocycles. The van der Waals surface area contributed by atoms with Gasteiger partial charge < -0.3 is 10.4 Å². The van der Waals surface area contributed by atoms with Gasteiger partial charge in [0.05, 0.1) is 0 Å². The number of phenols is 1. The van der Waals surface area contributed by atoms with Crippen molar-refractivity contribution >= 4 is 28.7 Å². The van der Waals surface area contributed by atoms with Gasteiger partial charge in [-0.05, 0) is 17.7 Å². The van der Waals surface area contributed by atoms with E-state index in [1.165, 1.54) is 30.6 Å². The van der Waals surface area contributed by atoms with Crippen molar-refractivity contribution in [3.8, 4) is 5.75 Å². The second kappa shape index (κ2) is 5.31. The molecule has 7 heteroatoms. The van der Waals surface area contributed by atoms with Crippen molar-refractivity contribution in [3.05, 3.63) is 29.8 Å². The highest BCUT2D eigenvalue weighted by Gasteiger charge is 2.32. The number of carbonyl (C=O) groups excluding carboxylic acids is 2. The maximum absolute atomic E-state index is 11.6. The highest BCUT2D eigenvalue weighted by Crippen LogP contribution is 2.38. The number of aromatic hydroxyl groups is 1. The fraction of sp³-hybridized carbons (Fsp3) is 0.250. The number of amides is 2. The van der Waals surface area contributed by atoms with Gasteiger partial charge in [0.2, 0.25) is 11.8 Å². The number of thioether (sulfide) groups is 1. The van der Waals surface area contributed by atoms with Gasteiger partial charge in [-0.2, -0.15) is 0 Å². The summed E-state index contributed by atoms with van der Waals surface area (Å²) in [6, 6.07) is 6.53. The van der Waals surface area contributed by atoms with E-state index < -0.39 is 0 Å². The van der Waals surface area contributed by atoms with E-state index in [9.17, 15) is 14.7 Å². The zero-order valence-electron chi connectivity index (χ0n) is 10.5. The lowest BCUT2D eigenvalue weighted by atomic mass is 10.2. The van der Waals surface area contributed by atoms with Gasteiger partial charge in [0, 0.05) is 13.8 Å². The van der Waals surface area contributed by atoms with Gasteiger partial charge in [0.25, 0.3) is 0 Å². The van der Waals surface area contributed by atoms with E-state index in [-0.39, 0.29) is 22.9 Å². The monoisotopic (exact) mass is 279 g/mol. The van der Waals surface area contributed by atoms with Crippen LogP contribution in [-0.4, -0.2) is 27.1 Å². The molecule has 0 saturated heterocycles. The molecule has 1 unspecified atom stereocenters. The molecule has 0 saturated carbocycles. The van der Waals surface area contributed by atoms with Crippen LogP contribution in [0.15, 0.2) is 29.4 Å². The Morgan fingerprint density at radius 3 is 2.47 bits per heavy atom. The minimum atomic E-state index is -0.333. The summed E-state index contributed by atoms with van der Waals surface area (Å²) in [6.45, 7) is 2.79. The Kier molecular flexibility index (Phi) is 3.75. The molecule has 0 bridgehead atoms. The highest BCUT2D eigenvalue weighted by molar-refractivity contribution is 8.14. The quantitative estimate of drug-likeness (QED) is 0.814. The number of hydrogen-bond acceptors (Lipinski definition) is 5. The number of hydrazone groups is 1. The molecule has 1 aliphatic rings. The molecule has 1 aromatic carbocycles. The zero-order chi connectivity index (χ0) is 14.0. The molecule has 0 spiro atoms. The summed E-state index contributed by atoms with van der Waals surface area (Å²) in [5.74, 6) is -0.295. The predicted molar refractivity (Wildman–Crippen MR) is 72.2 cm³/mol. The van der Waals surface area contributed by atoms with Crippen molar-refractivity contribution in [2.75, 3.05) is 0 Å². The summed E-state index contributed by atoms with van der Waals surface area (Å²) < 4.78 is 0. The van der Waals surface area contributed by atoms with Crippen molar-refractivity contribution < 1.29 is 14.7 Å². The first-order valence-corrected chi connectivity index (χ1v) is 6.47. The number of rotatable bonds is 1. The smallest absolute Gasteiger partial charge is 0.241 e. The van der Waals surface area contributed by atoms with Crippen LogP contribution < -0.4 is 5.32 Å². The summed E-state index contributed by atoms with van der Waals surface area (Å²) in [7, 11) is 0. The lowest BCUT2D eigenvalue weighted by molar-refractivity contribution is -0.129. The Hall–Kier alpha value is -2.02. The number of carbonyl (C=O) groups is 2. The molecule has 6 nitrogen and oxygen atoms in total. The van der Waals surface area contributed by atoms with Crippen molar-refractivity contribution in [1.82, 2.24) is 10.3 Å². The van der Waals surface area contributed by atoms with E-state index >= 15 is 0 Å².